The quantitative estimate of drug-likeness (QED) is 0.619. The summed E-state index contributed by atoms with van der Waals surface area (Å²) in [6.07, 6.45) is 1.22. The van der Waals surface area contributed by atoms with Crippen LogP contribution in [0.25, 0.3) is 0 Å². The number of amides is 1. The summed E-state index contributed by atoms with van der Waals surface area (Å²) in [4.78, 5) is 12.9. The molecule has 6 nitrogen and oxygen atoms in total. The Balaban J connectivity index is 1.74. The van der Waals surface area contributed by atoms with Crippen LogP contribution < -0.4 is 10.1 Å². The molecule has 1 N–H and O–H groups in total. The Hall–Kier alpha value is -1.80. The molecule has 0 unspecified atom stereocenters. The minimum atomic E-state index is -3.86. The lowest BCUT2D eigenvalue weighted by Gasteiger charge is -2.32. The summed E-state index contributed by atoms with van der Waals surface area (Å²) in [6, 6.07) is 11.6. The number of nitrogens with one attached hydrogen (secondary N) is 1. The predicted molar refractivity (Wildman–Crippen MR) is 122 cm³/mol. The molecule has 2 atom stereocenters. The second kappa shape index (κ2) is 10.2. The topological polar surface area (TPSA) is 75.7 Å². The maximum atomic E-state index is 13.3. The van der Waals surface area contributed by atoms with Crippen LogP contribution in [0.3, 0.4) is 0 Å². The normalized spacial score (nSPS) is 18.4. The highest BCUT2D eigenvalue weighted by Gasteiger charge is 2.35. The number of hydrogen-bond acceptors (Lipinski definition) is 4. The standard InChI is InChI=1S/C22H26Cl2N2O4S/c1-3-30-20-11-10-19(24)13-21(20)31(28,29)26-12-4-5-17(14-26)22(27)25-15(2)16-6-8-18(23)9-7-16/h6-11,13,15,17H,3-5,12,14H2,1-2H3,(H,25,27)/t15-,17+/m0/s1. The fourth-order valence-corrected chi connectivity index (χ4v) is 5.68. The highest BCUT2D eigenvalue weighted by molar-refractivity contribution is 7.89. The summed E-state index contributed by atoms with van der Waals surface area (Å²) in [5, 5.41) is 3.93. The van der Waals surface area contributed by atoms with Gasteiger partial charge in [-0.15, -0.1) is 0 Å². The maximum absolute atomic E-state index is 13.3. The summed E-state index contributed by atoms with van der Waals surface area (Å²) in [6.45, 7) is 4.46. The van der Waals surface area contributed by atoms with Gasteiger partial charge < -0.3 is 10.1 Å². The van der Waals surface area contributed by atoms with Crippen molar-refractivity contribution < 1.29 is 17.9 Å². The van der Waals surface area contributed by atoms with Gasteiger partial charge in [0.25, 0.3) is 0 Å². The van der Waals surface area contributed by atoms with E-state index in [0.29, 0.717) is 36.0 Å². The first-order valence-electron chi connectivity index (χ1n) is 10.2. The summed E-state index contributed by atoms with van der Waals surface area (Å²) in [7, 11) is -3.86. The number of halogens is 2. The number of sulfonamides is 1. The number of hydrogen-bond donors (Lipinski definition) is 1. The highest BCUT2D eigenvalue weighted by Crippen LogP contribution is 2.32. The van der Waals surface area contributed by atoms with Gasteiger partial charge in [0.15, 0.2) is 0 Å². The van der Waals surface area contributed by atoms with Crippen molar-refractivity contribution in [3.05, 3.63) is 58.1 Å². The lowest BCUT2D eigenvalue weighted by Crippen LogP contribution is -2.45. The molecule has 1 saturated heterocycles. The molecule has 0 aliphatic carbocycles. The molecule has 168 valence electrons. The molecule has 9 heteroatoms. The Morgan fingerprint density at radius 1 is 1.19 bits per heavy atom. The first-order chi connectivity index (χ1) is 14.7. The van der Waals surface area contributed by atoms with Gasteiger partial charge in [-0.3, -0.25) is 4.79 Å². The van der Waals surface area contributed by atoms with Gasteiger partial charge in [-0.1, -0.05) is 35.3 Å². The third kappa shape index (κ3) is 5.71. The minimum Gasteiger partial charge on any atom is -0.492 e. The average Bonchev–Trinajstić information content (AvgIpc) is 2.75. The Bertz CT molecular complexity index is 1030. The van der Waals surface area contributed by atoms with Crippen molar-refractivity contribution in [1.29, 1.82) is 0 Å². The van der Waals surface area contributed by atoms with Crippen molar-refractivity contribution in [2.75, 3.05) is 19.7 Å². The molecule has 0 aromatic heterocycles. The van der Waals surface area contributed by atoms with Gasteiger partial charge in [-0.25, -0.2) is 8.42 Å². The fourth-order valence-electron chi connectivity index (χ4n) is 3.64. The van der Waals surface area contributed by atoms with E-state index in [1.54, 1.807) is 31.2 Å². The molecule has 1 fully saturated rings. The Morgan fingerprint density at radius 2 is 1.87 bits per heavy atom. The number of piperidine rings is 1. The highest BCUT2D eigenvalue weighted by atomic mass is 35.5. The summed E-state index contributed by atoms with van der Waals surface area (Å²) in [5.41, 5.74) is 0.929. The Morgan fingerprint density at radius 3 is 2.55 bits per heavy atom. The third-order valence-electron chi connectivity index (χ3n) is 5.31. The van der Waals surface area contributed by atoms with Crippen LogP contribution in [0.15, 0.2) is 47.4 Å². The average molecular weight is 485 g/mol. The first-order valence-corrected chi connectivity index (χ1v) is 12.4. The van der Waals surface area contributed by atoms with Crippen LogP contribution in [0.1, 0.15) is 38.3 Å². The molecule has 0 bridgehead atoms. The first kappa shape index (κ1) is 23.9. The van der Waals surface area contributed by atoms with Crippen LogP contribution in [0, 0.1) is 5.92 Å². The lowest BCUT2D eigenvalue weighted by molar-refractivity contribution is -0.126. The van der Waals surface area contributed by atoms with Gasteiger partial charge in [-0.05, 0) is 62.6 Å². The molecule has 1 aliphatic heterocycles. The van der Waals surface area contributed by atoms with Crippen molar-refractivity contribution in [3.63, 3.8) is 0 Å². The van der Waals surface area contributed by atoms with Crippen molar-refractivity contribution in [1.82, 2.24) is 9.62 Å². The molecular formula is C22H26Cl2N2O4S. The number of benzene rings is 2. The second-order valence-electron chi connectivity index (χ2n) is 7.51. The third-order valence-corrected chi connectivity index (χ3v) is 7.68. The van der Waals surface area contributed by atoms with Gasteiger partial charge in [-0.2, -0.15) is 4.31 Å². The zero-order valence-corrected chi connectivity index (χ0v) is 19.8. The van der Waals surface area contributed by atoms with Crippen molar-refractivity contribution >= 4 is 39.1 Å². The van der Waals surface area contributed by atoms with Crippen molar-refractivity contribution in [3.8, 4) is 5.75 Å². The largest absolute Gasteiger partial charge is 0.492 e. The fraction of sp³-hybridized carbons (Fsp3) is 0.409. The number of rotatable bonds is 7. The van der Waals surface area contributed by atoms with Crippen LogP contribution in [0.4, 0.5) is 0 Å². The monoisotopic (exact) mass is 484 g/mol. The van der Waals surface area contributed by atoms with E-state index in [4.69, 9.17) is 27.9 Å². The molecule has 0 saturated carbocycles. The Kier molecular flexibility index (Phi) is 7.86. The molecule has 0 radical (unpaired) electrons. The number of carbonyl (C=O) groups excluding carboxylic acids is 1. The summed E-state index contributed by atoms with van der Waals surface area (Å²) in [5.74, 6) is -0.346. The SMILES string of the molecule is CCOc1ccc(Cl)cc1S(=O)(=O)N1CCC[C@@H](C(=O)N[C@@H](C)c2ccc(Cl)cc2)C1. The van der Waals surface area contributed by atoms with Gasteiger partial charge >= 0.3 is 0 Å². The Labute approximate surface area is 193 Å². The van der Waals surface area contributed by atoms with Crippen molar-refractivity contribution in [2.45, 2.75) is 37.6 Å². The lowest BCUT2D eigenvalue weighted by atomic mass is 9.98. The number of nitrogens with zero attached hydrogens (tertiary/aromatic N) is 1. The van der Waals surface area contributed by atoms with Crippen LogP contribution in [0.5, 0.6) is 5.75 Å². The van der Waals surface area contributed by atoms with Gasteiger partial charge in [0.2, 0.25) is 15.9 Å². The minimum absolute atomic E-state index is 0.0254. The molecule has 3 rings (SSSR count). The van der Waals surface area contributed by atoms with E-state index in [1.807, 2.05) is 19.1 Å². The maximum Gasteiger partial charge on any atom is 0.246 e. The molecule has 1 amide bonds. The predicted octanol–water partition coefficient (Wildman–Crippen LogP) is 4.67. The summed E-state index contributed by atoms with van der Waals surface area (Å²) >= 11 is 12.0. The zero-order chi connectivity index (χ0) is 22.6. The van der Waals surface area contributed by atoms with E-state index in [-0.39, 0.29) is 29.1 Å². The van der Waals surface area contributed by atoms with Gasteiger partial charge in [0.05, 0.1) is 18.6 Å². The van der Waals surface area contributed by atoms with Crippen LogP contribution in [0.2, 0.25) is 10.0 Å². The number of ether oxygens (including phenoxy) is 1. The molecular weight excluding hydrogens is 459 g/mol. The van der Waals surface area contributed by atoms with E-state index in [2.05, 4.69) is 5.32 Å². The molecule has 2 aromatic rings. The second-order valence-corrected chi connectivity index (χ2v) is 10.3. The molecule has 31 heavy (non-hydrogen) atoms. The molecule has 2 aromatic carbocycles. The van der Waals surface area contributed by atoms with Gasteiger partial charge in [0.1, 0.15) is 10.6 Å². The summed E-state index contributed by atoms with van der Waals surface area (Å²) < 4.78 is 33.5. The van der Waals surface area contributed by atoms with E-state index in [1.165, 1.54) is 10.4 Å². The zero-order valence-electron chi connectivity index (χ0n) is 17.5. The van der Waals surface area contributed by atoms with E-state index < -0.39 is 15.9 Å². The molecule has 0 spiro atoms. The van der Waals surface area contributed by atoms with E-state index in [9.17, 15) is 13.2 Å². The van der Waals surface area contributed by atoms with E-state index >= 15 is 0 Å². The van der Waals surface area contributed by atoms with Crippen LogP contribution >= 0.6 is 23.2 Å². The van der Waals surface area contributed by atoms with Crippen molar-refractivity contribution in [2.24, 2.45) is 5.92 Å². The smallest absolute Gasteiger partial charge is 0.246 e. The molecule has 1 aliphatic rings. The number of carbonyl (C=O) groups is 1. The van der Waals surface area contributed by atoms with E-state index in [0.717, 1.165) is 5.56 Å². The molecule has 1 heterocycles. The van der Waals surface area contributed by atoms with Crippen LogP contribution in [-0.4, -0.2) is 38.3 Å². The van der Waals surface area contributed by atoms with Gasteiger partial charge in [0, 0.05) is 23.1 Å². The van der Waals surface area contributed by atoms with Crippen LogP contribution in [-0.2, 0) is 14.8 Å².